The molecule has 58 heavy (non-hydrogen) atoms. The average Bonchev–Trinajstić information content (AvgIpc) is 3.22. The van der Waals surface area contributed by atoms with Gasteiger partial charge in [0.15, 0.2) is 0 Å². The second-order valence-corrected chi connectivity index (χ2v) is 15.8. The van der Waals surface area contributed by atoms with Crippen molar-refractivity contribution in [3.63, 3.8) is 0 Å². The number of hydrogen-bond donors (Lipinski definition) is 2. The van der Waals surface area contributed by atoms with E-state index in [2.05, 4.69) is 44.7 Å². The maximum Gasteiger partial charge on any atom is 0.410 e. The van der Waals surface area contributed by atoms with E-state index in [1.807, 2.05) is 62.4 Å². The maximum atomic E-state index is 14.0. The molecule has 0 saturated heterocycles. The summed E-state index contributed by atoms with van der Waals surface area (Å²) in [7, 11) is 0. The Balaban J connectivity index is 1.58. The van der Waals surface area contributed by atoms with Gasteiger partial charge in [-0.3, -0.25) is 4.90 Å². The molecule has 1 fully saturated rings. The van der Waals surface area contributed by atoms with Gasteiger partial charge in [-0.15, -0.1) is 6.58 Å². The number of rotatable bonds is 20. The van der Waals surface area contributed by atoms with Gasteiger partial charge in [-0.25, -0.2) is 4.79 Å². The van der Waals surface area contributed by atoms with Gasteiger partial charge in [0.25, 0.3) is 0 Å². The zero-order valence-corrected chi connectivity index (χ0v) is 34.7. The number of ether oxygens (including phenoxy) is 4. The first kappa shape index (κ1) is 43.0. The number of aryl methyl sites for hydroxylation is 2. The van der Waals surface area contributed by atoms with E-state index in [0.29, 0.717) is 43.7 Å². The summed E-state index contributed by atoms with van der Waals surface area (Å²) in [5.41, 5.74) is 6.06. The normalized spacial score (nSPS) is 23.9. The monoisotopic (exact) mass is 794 g/mol. The topological polar surface area (TPSA) is 119 Å². The van der Waals surface area contributed by atoms with Gasteiger partial charge in [0.1, 0.15) is 29.9 Å². The Morgan fingerprint density at radius 2 is 1.71 bits per heavy atom. The third-order valence-electron chi connectivity index (χ3n) is 12.0. The molecule has 3 aromatic carbocycles. The Hall–Kier alpha value is -4.64. The largest absolute Gasteiger partial charge is 0.459 e. The number of aliphatic hydroxyl groups excluding tert-OH is 2. The predicted octanol–water partition coefficient (Wildman–Crippen LogP) is 9.80. The molecule has 2 aliphatic carbocycles. The summed E-state index contributed by atoms with van der Waals surface area (Å²) in [5.74, 6) is 0.393. The molecule has 0 spiro atoms. The van der Waals surface area contributed by atoms with Crippen molar-refractivity contribution < 1.29 is 38.8 Å². The van der Waals surface area contributed by atoms with Crippen LogP contribution in [0.1, 0.15) is 93.4 Å². The first-order chi connectivity index (χ1) is 28.3. The van der Waals surface area contributed by atoms with Crippen LogP contribution < -0.4 is 9.47 Å². The minimum atomic E-state index is -1.35. The lowest BCUT2D eigenvalue weighted by molar-refractivity contribution is -0.255. The molecule has 6 rings (SSSR count). The van der Waals surface area contributed by atoms with E-state index in [1.54, 1.807) is 11.0 Å². The highest BCUT2D eigenvalue weighted by Crippen LogP contribution is 2.62. The number of fused-ring (bicyclic) bond motifs is 2. The number of unbranched alkanes of at least 4 members (excludes halogenated alkanes) is 2. The summed E-state index contributed by atoms with van der Waals surface area (Å²) >= 11 is 0. The van der Waals surface area contributed by atoms with E-state index >= 15 is 0 Å². The lowest BCUT2D eigenvalue weighted by Crippen LogP contribution is -2.70. The van der Waals surface area contributed by atoms with Crippen LogP contribution in [0.4, 0.5) is 4.79 Å². The maximum absolute atomic E-state index is 14.0. The zero-order chi connectivity index (χ0) is 41.1. The Labute approximate surface area is 344 Å². The standard InChI is InChI=1S/C48H62N2O8/c1-6-24-50(47(53)54-8-3)44-31-42(49-56-32-35-16-10-9-11-17-35)40-29-36(18-12-14-25-51)39(19-13-15-26-52)45-41-30-38(57-37-21-20-33(4)34(5)28-37)22-23-43(41)58-48(44,46(40)45)55-27-7-2/h7,9-11,16-17,20-23,28-30,36,39,44-46,51-52H,2,6,8,12-15,18-19,24-27,31-32H2,1,3-5H3. The molecule has 6 unspecified atom stereocenters. The van der Waals surface area contributed by atoms with Crippen molar-refractivity contribution in [3.8, 4) is 17.2 Å². The third-order valence-corrected chi connectivity index (χ3v) is 12.0. The Morgan fingerprint density at radius 3 is 2.41 bits per heavy atom. The van der Waals surface area contributed by atoms with Crippen molar-refractivity contribution in [2.75, 3.05) is 33.0 Å². The number of aliphatic hydroxyl groups is 2. The van der Waals surface area contributed by atoms with E-state index in [4.69, 9.17) is 28.9 Å². The van der Waals surface area contributed by atoms with Gasteiger partial charge in [-0.1, -0.05) is 73.5 Å². The van der Waals surface area contributed by atoms with Crippen LogP contribution in [0.15, 0.2) is 96.2 Å². The van der Waals surface area contributed by atoms with Crippen LogP contribution >= 0.6 is 0 Å². The molecule has 0 radical (unpaired) electrons. The minimum absolute atomic E-state index is 0.0951. The first-order valence-corrected chi connectivity index (χ1v) is 21.2. The number of carbonyl (C=O) groups is 1. The fourth-order valence-corrected chi connectivity index (χ4v) is 9.21. The zero-order valence-electron chi connectivity index (χ0n) is 34.7. The van der Waals surface area contributed by atoms with Crippen LogP contribution in [0, 0.1) is 31.6 Å². The van der Waals surface area contributed by atoms with E-state index < -0.39 is 23.8 Å². The van der Waals surface area contributed by atoms with Crippen LogP contribution in [-0.2, 0) is 20.9 Å². The number of allylic oxidation sites excluding steroid dienone is 1. The molecule has 0 aromatic heterocycles. The Morgan fingerprint density at radius 1 is 0.966 bits per heavy atom. The molecule has 6 atom stereocenters. The predicted molar refractivity (Wildman–Crippen MR) is 226 cm³/mol. The fraction of sp³-hybridized carbons (Fsp3) is 0.500. The molecule has 1 aliphatic heterocycles. The smallest absolute Gasteiger partial charge is 0.410 e. The Bertz CT molecular complexity index is 1900. The van der Waals surface area contributed by atoms with Crippen molar-refractivity contribution in [1.82, 2.24) is 4.90 Å². The number of benzene rings is 3. The third kappa shape index (κ3) is 9.46. The van der Waals surface area contributed by atoms with Gasteiger partial charge in [-0.2, -0.15) is 0 Å². The highest BCUT2D eigenvalue weighted by Gasteiger charge is 2.65. The summed E-state index contributed by atoms with van der Waals surface area (Å²) < 4.78 is 26.6. The number of hydrogen-bond acceptors (Lipinski definition) is 9. The van der Waals surface area contributed by atoms with Crippen molar-refractivity contribution in [1.29, 1.82) is 0 Å². The highest BCUT2D eigenvalue weighted by molar-refractivity contribution is 6.03. The molecule has 0 bridgehead atoms. The molecule has 1 amide bonds. The van der Waals surface area contributed by atoms with Crippen LogP contribution in [0.3, 0.4) is 0 Å². The van der Waals surface area contributed by atoms with Crippen molar-refractivity contribution in [2.24, 2.45) is 22.9 Å². The Kier molecular flexibility index (Phi) is 15.1. The van der Waals surface area contributed by atoms with Crippen LogP contribution in [0.25, 0.3) is 0 Å². The average molecular weight is 795 g/mol. The number of carbonyl (C=O) groups excluding carboxylic acids is 1. The van der Waals surface area contributed by atoms with Gasteiger partial charge >= 0.3 is 6.09 Å². The second kappa shape index (κ2) is 20.4. The van der Waals surface area contributed by atoms with Gasteiger partial charge in [0, 0.05) is 37.7 Å². The number of nitrogens with zero attached hydrogens (tertiary/aromatic N) is 2. The van der Waals surface area contributed by atoms with Gasteiger partial charge in [-0.05, 0) is 117 Å². The lowest BCUT2D eigenvalue weighted by atomic mass is 9.55. The molecular weight excluding hydrogens is 733 g/mol. The van der Waals surface area contributed by atoms with Gasteiger partial charge < -0.3 is 34.0 Å². The number of amides is 1. The van der Waals surface area contributed by atoms with Gasteiger partial charge in [0.2, 0.25) is 5.79 Å². The fourth-order valence-electron chi connectivity index (χ4n) is 9.21. The molecular formula is C48H62N2O8. The quantitative estimate of drug-likeness (QED) is 0.0660. The van der Waals surface area contributed by atoms with Crippen molar-refractivity contribution in [2.45, 2.75) is 103 Å². The summed E-state index contributed by atoms with van der Waals surface area (Å²) in [6.07, 6.45) is 9.40. The van der Waals surface area contributed by atoms with Gasteiger partial charge in [0.05, 0.1) is 24.8 Å². The molecule has 1 saturated carbocycles. The highest BCUT2D eigenvalue weighted by atomic mass is 16.7. The summed E-state index contributed by atoms with van der Waals surface area (Å²) in [4.78, 5) is 22.0. The van der Waals surface area contributed by atoms with Crippen LogP contribution in [0.5, 0.6) is 17.2 Å². The summed E-state index contributed by atoms with van der Waals surface area (Å²) in [6, 6.07) is 21.4. The van der Waals surface area contributed by atoms with E-state index in [9.17, 15) is 15.0 Å². The molecule has 1 heterocycles. The molecule has 10 heteroatoms. The van der Waals surface area contributed by atoms with Crippen molar-refractivity contribution in [3.05, 3.63) is 113 Å². The molecule has 10 nitrogen and oxygen atoms in total. The first-order valence-electron chi connectivity index (χ1n) is 21.2. The minimum Gasteiger partial charge on any atom is -0.459 e. The molecule has 3 aliphatic rings. The summed E-state index contributed by atoms with van der Waals surface area (Å²) in [6.45, 7) is 13.4. The summed E-state index contributed by atoms with van der Waals surface area (Å²) in [5, 5.41) is 24.7. The van der Waals surface area contributed by atoms with E-state index in [0.717, 1.165) is 59.4 Å². The van der Waals surface area contributed by atoms with Crippen LogP contribution in [-0.4, -0.2) is 71.7 Å². The van der Waals surface area contributed by atoms with Crippen molar-refractivity contribution >= 4 is 11.8 Å². The van der Waals surface area contributed by atoms with E-state index in [1.165, 1.54) is 5.56 Å². The molecule has 312 valence electrons. The van der Waals surface area contributed by atoms with E-state index in [-0.39, 0.29) is 50.8 Å². The SMILES string of the molecule is C=CCOC12Oc3ccc(Oc4ccc(C)c(C)c4)cc3C3C(CCCCO)C(CCCCO)C=C(C(=NOCc4ccccc4)CC1N(CCC)C(=O)OCC)C32. The number of oxime groups is 1. The van der Waals surface area contributed by atoms with Crippen LogP contribution in [0.2, 0.25) is 0 Å². The molecule has 2 N–H and O–H groups in total. The second-order valence-electron chi connectivity index (χ2n) is 15.8. The lowest BCUT2D eigenvalue weighted by Gasteiger charge is -2.59. The molecule has 3 aromatic rings.